The van der Waals surface area contributed by atoms with Crippen LogP contribution in [0.4, 0.5) is 25.8 Å². The number of hydrogen-bond acceptors (Lipinski definition) is 6. The number of aromatic nitrogens is 2. The number of nitro groups is 1. The first-order valence-electron chi connectivity index (χ1n) is 8.87. The van der Waals surface area contributed by atoms with Crippen LogP contribution < -0.4 is 5.32 Å². The molecular formula is C20H14F2N4O4S. The summed E-state index contributed by atoms with van der Waals surface area (Å²) in [5, 5.41) is 13.3. The summed E-state index contributed by atoms with van der Waals surface area (Å²) < 4.78 is 55.8. The lowest BCUT2D eigenvalue weighted by atomic mass is 10.2. The Balaban J connectivity index is 1.81. The third-order valence-electron chi connectivity index (χ3n) is 4.62. The van der Waals surface area contributed by atoms with Crippen LogP contribution in [-0.2, 0) is 10.0 Å². The Hall–Kier alpha value is -3.86. The maximum Gasteiger partial charge on any atom is 0.272 e. The topological polar surface area (TPSA) is 107 Å². The van der Waals surface area contributed by atoms with Gasteiger partial charge in [0.15, 0.2) is 17.3 Å². The van der Waals surface area contributed by atoms with E-state index in [1.54, 1.807) is 19.1 Å². The van der Waals surface area contributed by atoms with Crippen molar-refractivity contribution in [3.63, 3.8) is 0 Å². The minimum Gasteiger partial charge on any atom is -0.352 e. The van der Waals surface area contributed by atoms with E-state index in [4.69, 9.17) is 0 Å². The van der Waals surface area contributed by atoms with E-state index in [0.717, 1.165) is 33.9 Å². The van der Waals surface area contributed by atoms with Gasteiger partial charge in [0.25, 0.3) is 15.7 Å². The van der Waals surface area contributed by atoms with Crippen molar-refractivity contribution in [1.82, 2.24) is 8.96 Å². The summed E-state index contributed by atoms with van der Waals surface area (Å²) in [5.41, 5.74) is 0.131. The van der Waals surface area contributed by atoms with Crippen LogP contribution in [0.1, 0.15) is 5.56 Å². The minimum atomic E-state index is -4.14. The number of halogens is 2. The van der Waals surface area contributed by atoms with Gasteiger partial charge >= 0.3 is 0 Å². The summed E-state index contributed by atoms with van der Waals surface area (Å²) in [5.74, 6) is -1.81. The van der Waals surface area contributed by atoms with Crippen LogP contribution in [0.5, 0.6) is 0 Å². The predicted molar refractivity (Wildman–Crippen MR) is 110 cm³/mol. The Labute approximate surface area is 175 Å². The van der Waals surface area contributed by atoms with Crippen molar-refractivity contribution in [3.8, 4) is 0 Å². The number of nitrogens with one attached hydrogen (secondary N) is 1. The fourth-order valence-corrected chi connectivity index (χ4v) is 4.36. The van der Waals surface area contributed by atoms with Gasteiger partial charge < -0.3 is 5.32 Å². The molecule has 4 aromatic rings. The number of non-ortho nitro benzene ring substituents is 1. The minimum absolute atomic E-state index is 0.0448. The number of hydrogen-bond donors (Lipinski definition) is 1. The van der Waals surface area contributed by atoms with Crippen molar-refractivity contribution < 1.29 is 22.1 Å². The van der Waals surface area contributed by atoms with Crippen LogP contribution in [0.3, 0.4) is 0 Å². The Kier molecular flexibility index (Phi) is 4.90. The molecule has 8 nitrogen and oxygen atoms in total. The number of anilines is 2. The van der Waals surface area contributed by atoms with Crippen LogP contribution in [0.2, 0.25) is 0 Å². The summed E-state index contributed by atoms with van der Waals surface area (Å²) in [6, 6.07) is 10.3. The van der Waals surface area contributed by atoms with Crippen LogP contribution in [-0.4, -0.2) is 22.3 Å². The predicted octanol–water partition coefficient (Wildman–Crippen LogP) is 4.51. The fraction of sp³-hybridized carbons (Fsp3) is 0.0500. The second-order valence-electron chi connectivity index (χ2n) is 6.69. The molecule has 2 aromatic heterocycles. The highest BCUT2D eigenvalue weighted by Crippen LogP contribution is 2.32. The number of aryl methyl sites for hydroxylation is 1. The van der Waals surface area contributed by atoms with Crippen molar-refractivity contribution in [2.75, 3.05) is 5.32 Å². The first-order chi connectivity index (χ1) is 14.7. The summed E-state index contributed by atoms with van der Waals surface area (Å²) in [4.78, 5) is 14.0. The van der Waals surface area contributed by atoms with E-state index in [1.165, 1.54) is 24.4 Å². The molecule has 1 N–H and O–H groups in total. The zero-order chi connectivity index (χ0) is 22.3. The molecule has 0 spiro atoms. The highest BCUT2D eigenvalue weighted by Gasteiger charge is 2.24. The quantitative estimate of drug-likeness (QED) is 0.358. The smallest absolute Gasteiger partial charge is 0.272 e. The van der Waals surface area contributed by atoms with Crippen LogP contribution in [0.25, 0.3) is 11.0 Å². The van der Waals surface area contributed by atoms with Crippen LogP contribution in [0.15, 0.2) is 65.8 Å². The molecule has 2 aromatic carbocycles. The molecule has 0 unspecified atom stereocenters. The van der Waals surface area contributed by atoms with Crippen molar-refractivity contribution in [3.05, 3.63) is 88.2 Å². The highest BCUT2D eigenvalue weighted by molar-refractivity contribution is 7.90. The van der Waals surface area contributed by atoms with Crippen LogP contribution in [0, 0.1) is 28.7 Å². The average Bonchev–Trinajstić information content (AvgIpc) is 3.08. The van der Waals surface area contributed by atoms with E-state index in [1.807, 2.05) is 0 Å². The molecule has 0 aliphatic rings. The maximum atomic E-state index is 14.8. The lowest BCUT2D eigenvalue weighted by Gasteiger charge is -2.10. The lowest BCUT2D eigenvalue weighted by molar-refractivity contribution is -0.385. The molecule has 0 fully saturated rings. The molecule has 0 amide bonds. The van der Waals surface area contributed by atoms with E-state index in [9.17, 15) is 27.3 Å². The van der Waals surface area contributed by atoms with Gasteiger partial charge in [0.05, 0.1) is 38.8 Å². The zero-order valence-electron chi connectivity index (χ0n) is 15.9. The van der Waals surface area contributed by atoms with Gasteiger partial charge in [0, 0.05) is 12.3 Å². The van der Waals surface area contributed by atoms with E-state index in [2.05, 4.69) is 10.3 Å². The maximum absolute atomic E-state index is 14.8. The Morgan fingerprint density at radius 2 is 1.74 bits per heavy atom. The summed E-state index contributed by atoms with van der Waals surface area (Å²) in [6.07, 6.45) is 2.04. The van der Waals surface area contributed by atoms with Crippen LogP contribution >= 0.6 is 0 Å². The van der Waals surface area contributed by atoms with E-state index in [-0.39, 0.29) is 27.3 Å². The Bertz CT molecular complexity index is 1430. The lowest BCUT2D eigenvalue weighted by Crippen LogP contribution is -2.12. The van der Waals surface area contributed by atoms with Gasteiger partial charge in [-0.25, -0.2) is 26.2 Å². The molecular weight excluding hydrogens is 430 g/mol. The monoisotopic (exact) mass is 444 g/mol. The van der Waals surface area contributed by atoms with E-state index in [0.29, 0.717) is 0 Å². The van der Waals surface area contributed by atoms with Gasteiger partial charge in [-0.3, -0.25) is 10.1 Å². The van der Waals surface area contributed by atoms with Gasteiger partial charge in [0.1, 0.15) is 0 Å². The molecule has 0 radical (unpaired) electrons. The SMILES string of the molecule is Cc1ccc(S(=O)(=O)n2cc(F)c3c(Nc4ccc([N+](=O)[O-])cc4F)ccnc32)cc1. The largest absolute Gasteiger partial charge is 0.352 e. The van der Waals surface area contributed by atoms with Gasteiger partial charge in [-0.2, -0.15) is 0 Å². The third kappa shape index (κ3) is 3.59. The number of rotatable bonds is 5. The number of nitro benzene ring substituents is 1. The first kappa shape index (κ1) is 20.4. The molecule has 0 aliphatic heterocycles. The van der Waals surface area contributed by atoms with Crippen molar-refractivity contribution in [2.24, 2.45) is 0 Å². The summed E-state index contributed by atoms with van der Waals surface area (Å²) in [7, 11) is -4.14. The number of nitrogens with zero attached hydrogens (tertiary/aromatic N) is 3. The molecule has 0 aliphatic carbocycles. The van der Waals surface area contributed by atoms with Gasteiger partial charge in [-0.05, 0) is 31.2 Å². The zero-order valence-corrected chi connectivity index (χ0v) is 16.7. The second kappa shape index (κ2) is 7.43. The van der Waals surface area contributed by atoms with Crippen molar-refractivity contribution in [1.29, 1.82) is 0 Å². The van der Waals surface area contributed by atoms with Crippen molar-refractivity contribution >= 4 is 38.1 Å². The van der Waals surface area contributed by atoms with Gasteiger partial charge in [-0.15, -0.1) is 0 Å². The van der Waals surface area contributed by atoms with Crippen molar-refractivity contribution in [2.45, 2.75) is 11.8 Å². The summed E-state index contributed by atoms with van der Waals surface area (Å²) in [6.45, 7) is 1.80. The first-order valence-corrected chi connectivity index (χ1v) is 10.3. The van der Waals surface area contributed by atoms with Gasteiger partial charge in [0.2, 0.25) is 0 Å². The molecule has 4 rings (SSSR count). The standard InChI is InChI=1S/C20H14F2N4O4S/c1-12-2-5-14(6-3-12)31(29,30)25-11-16(22)19-18(8-9-23-20(19)25)24-17-7-4-13(26(27)28)10-15(17)21/h2-11H,1H3,(H,23,24). The Morgan fingerprint density at radius 3 is 2.39 bits per heavy atom. The molecule has 11 heteroatoms. The summed E-state index contributed by atoms with van der Waals surface area (Å²) >= 11 is 0. The average molecular weight is 444 g/mol. The van der Waals surface area contributed by atoms with Gasteiger partial charge in [-0.1, -0.05) is 17.7 Å². The number of benzene rings is 2. The second-order valence-corrected chi connectivity index (χ2v) is 8.51. The Morgan fingerprint density at radius 1 is 1.03 bits per heavy atom. The highest BCUT2D eigenvalue weighted by atomic mass is 32.2. The van der Waals surface area contributed by atoms with E-state index < -0.39 is 32.3 Å². The molecule has 0 bridgehead atoms. The molecule has 0 saturated heterocycles. The molecule has 31 heavy (non-hydrogen) atoms. The fourth-order valence-electron chi connectivity index (χ4n) is 3.06. The third-order valence-corrected chi connectivity index (χ3v) is 6.28. The van der Waals surface area contributed by atoms with E-state index >= 15 is 0 Å². The molecule has 158 valence electrons. The normalized spacial score (nSPS) is 11.6. The molecule has 2 heterocycles. The number of pyridine rings is 1. The molecule has 0 saturated carbocycles. The molecule has 0 atom stereocenters. The number of fused-ring (bicyclic) bond motifs is 1.